The van der Waals surface area contributed by atoms with E-state index in [0.717, 1.165) is 10.0 Å². The Hall–Kier alpha value is -0.780. The zero-order chi connectivity index (χ0) is 8.97. The van der Waals surface area contributed by atoms with Crippen LogP contribution in [0.25, 0.3) is 6.08 Å². The number of allylic oxidation sites excluding steroid dienone is 1. The van der Waals surface area contributed by atoms with Crippen molar-refractivity contribution in [3.8, 4) is 6.07 Å². The Balaban J connectivity index is 3.07. The highest BCUT2D eigenvalue weighted by molar-refractivity contribution is 9.10. The average molecular weight is 243 g/mol. The second-order valence-corrected chi connectivity index (χ2v) is 3.45. The standard InChI is InChI=1S/C9H5BrClN/c10-8-3-4-9(11)7(6-8)2-1-5-12/h1-4,6H. The van der Waals surface area contributed by atoms with E-state index in [-0.39, 0.29) is 0 Å². The van der Waals surface area contributed by atoms with Gasteiger partial charge in [-0.3, -0.25) is 0 Å². The van der Waals surface area contributed by atoms with E-state index in [2.05, 4.69) is 15.9 Å². The van der Waals surface area contributed by atoms with Crippen LogP contribution in [-0.4, -0.2) is 0 Å². The molecule has 0 saturated heterocycles. The molecule has 0 spiro atoms. The van der Waals surface area contributed by atoms with Gasteiger partial charge in [-0.1, -0.05) is 27.5 Å². The molecule has 0 N–H and O–H groups in total. The van der Waals surface area contributed by atoms with Crippen LogP contribution in [0.15, 0.2) is 28.7 Å². The van der Waals surface area contributed by atoms with Crippen molar-refractivity contribution >= 4 is 33.6 Å². The van der Waals surface area contributed by atoms with Crippen LogP contribution in [0.5, 0.6) is 0 Å². The molecular weight excluding hydrogens is 237 g/mol. The zero-order valence-corrected chi connectivity index (χ0v) is 8.43. The maximum absolute atomic E-state index is 8.30. The van der Waals surface area contributed by atoms with Crippen LogP contribution < -0.4 is 0 Å². The minimum absolute atomic E-state index is 0.643. The first-order valence-corrected chi connectivity index (χ1v) is 4.42. The fourth-order valence-corrected chi connectivity index (χ4v) is 1.33. The summed E-state index contributed by atoms with van der Waals surface area (Å²) in [4.78, 5) is 0. The van der Waals surface area contributed by atoms with Gasteiger partial charge in [0.25, 0.3) is 0 Å². The minimum Gasteiger partial charge on any atom is -0.193 e. The lowest BCUT2D eigenvalue weighted by molar-refractivity contribution is 1.53. The summed E-state index contributed by atoms with van der Waals surface area (Å²) in [5, 5.41) is 8.94. The molecular formula is C9H5BrClN. The monoisotopic (exact) mass is 241 g/mol. The van der Waals surface area contributed by atoms with Gasteiger partial charge in [-0.2, -0.15) is 5.26 Å². The summed E-state index contributed by atoms with van der Waals surface area (Å²) in [5.41, 5.74) is 0.840. The van der Waals surface area contributed by atoms with Crippen LogP contribution >= 0.6 is 27.5 Å². The van der Waals surface area contributed by atoms with E-state index in [4.69, 9.17) is 16.9 Å². The average Bonchev–Trinajstić information content (AvgIpc) is 2.07. The second-order valence-electron chi connectivity index (χ2n) is 2.13. The van der Waals surface area contributed by atoms with Crippen LogP contribution in [-0.2, 0) is 0 Å². The summed E-state index contributed by atoms with van der Waals surface area (Å²) in [5.74, 6) is 0. The lowest BCUT2D eigenvalue weighted by Crippen LogP contribution is -1.74. The molecule has 0 aliphatic rings. The molecule has 1 aromatic carbocycles. The first-order valence-electron chi connectivity index (χ1n) is 3.25. The van der Waals surface area contributed by atoms with E-state index in [1.807, 2.05) is 18.2 Å². The Kier molecular flexibility index (Phi) is 3.33. The SMILES string of the molecule is N#CC=Cc1cc(Br)ccc1Cl. The summed E-state index contributed by atoms with van der Waals surface area (Å²) in [6.45, 7) is 0. The third-order valence-corrected chi connectivity index (χ3v) is 2.13. The molecule has 0 aliphatic heterocycles. The first-order chi connectivity index (χ1) is 5.74. The van der Waals surface area contributed by atoms with Crippen molar-refractivity contribution < 1.29 is 0 Å². The number of halogens is 2. The van der Waals surface area contributed by atoms with Gasteiger partial charge in [0.1, 0.15) is 0 Å². The first kappa shape index (κ1) is 9.31. The molecule has 60 valence electrons. The number of rotatable bonds is 1. The highest BCUT2D eigenvalue weighted by Crippen LogP contribution is 2.21. The van der Waals surface area contributed by atoms with Gasteiger partial charge in [0.2, 0.25) is 0 Å². The van der Waals surface area contributed by atoms with Gasteiger partial charge >= 0.3 is 0 Å². The quantitative estimate of drug-likeness (QED) is 0.690. The maximum Gasteiger partial charge on any atom is 0.0912 e. The molecule has 0 aliphatic carbocycles. The Morgan fingerprint density at radius 3 is 2.92 bits per heavy atom. The summed E-state index contributed by atoms with van der Waals surface area (Å²) in [6.07, 6.45) is 3.07. The molecule has 1 nitrogen and oxygen atoms in total. The zero-order valence-electron chi connectivity index (χ0n) is 6.09. The van der Waals surface area contributed by atoms with E-state index in [1.54, 1.807) is 12.1 Å². The number of benzene rings is 1. The van der Waals surface area contributed by atoms with Crippen LogP contribution in [0.2, 0.25) is 5.02 Å². The van der Waals surface area contributed by atoms with Crippen molar-refractivity contribution in [1.82, 2.24) is 0 Å². The predicted molar refractivity (Wildman–Crippen MR) is 53.8 cm³/mol. The Labute approximate surface area is 84.4 Å². The van der Waals surface area contributed by atoms with Crippen molar-refractivity contribution in [3.05, 3.63) is 39.3 Å². The molecule has 3 heteroatoms. The lowest BCUT2D eigenvalue weighted by atomic mass is 10.2. The fraction of sp³-hybridized carbons (Fsp3) is 0. The number of hydrogen-bond acceptors (Lipinski definition) is 1. The van der Waals surface area contributed by atoms with Crippen molar-refractivity contribution in [1.29, 1.82) is 5.26 Å². The largest absolute Gasteiger partial charge is 0.193 e. The molecule has 0 fully saturated rings. The van der Waals surface area contributed by atoms with Gasteiger partial charge < -0.3 is 0 Å². The highest BCUT2D eigenvalue weighted by Gasteiger charge is 1.95. The highest BCUT2D eigenvalue weighted by atomic mass is 79.9. The van der Waals surface area contributed by atoms with Crippen molar-refractivity contribution in [2.45, 2.75) is 0 Å². The van der Waals surface area contributed by atoms with Crippen LogP contribution in [0.3, 0.4) is 0 Å². The van der Waals surface area contributed by atoms with Crippen molar-refractivity contribution in [2.75, 3.05) is 0 Å². The molecule has 0 aromatic heterocycles. The molecule has 0 amide bonds. The fourth-order valence-electron chi connectivity index (χ4n) is 0.769. The summed E-state index contributed by atoms with van der Waals surface area (Å²) >= 11 is 9.16. The van der Waals surface area contributed by atoms with Gasteiger partial charge in [-0.05, 0) is 29.8 Å². The van der Waals surface area contributed by atoms with Gasteiger partial charge in [-0.15, -0.1) is 0 Å². The third kappa shape index (κ3) is 2.37. The molecule has 0 atom stereocenters. The van der Waals surface area contributed by atoms with Gasteiger partial charge in [0, 0.05) is 15.6 Å². The van der Waals surface area contributed by atoms with Gasteiger partial charge in [-0.25, -0.2) is 0 Å². The molecule has 1 aromatic rings. The van der Waals surface area contributed by atoms with E-state index in [0.29, 0.717) is 5.02 Å². The van der Waals surface area contributed by atoms with E-state index < -0.39 is 0 Å². The smallest absolute Gasteiger partial charge is 0.0912 e. The van der Waals surface area contributed by atoms with Crippen molar-refractivity contribution in [3.63, 3.8) is 0 Å². The van der Waals surface area contributed by atoms with Crippen LogP contribution in [0, 0.1) is 11.3 Å². The van der Waals surface area contributed by atoms with Crippen LogP contribution in [0.4, 0.5) is 0 Å². The number of nitrogens with zero attached hydrogens (tertiary/aromatic N) is 1. The molecule has 1 rings (SSSR count). The molecule has 0 radical (unpaired) electrons. The Morgan fingerprint density at radius 2 is 2.25 bits per heavy atom. The van der Waals surface area contributed by atoms with E-state index >= 15 is 0 Å². The number of nitriles is 1. The van der Waals surface area contributed by atoms with Crippen LogP contribution in [0.1, 0.15) is 5.56 Å². The Morgan fingerprint density at radius 1 is 1.50 bits per heavy atom. The third-order valence-electron chi connectivity index (χ3n) is 1.30. The van der Waals surface area contributed by atoms with Gasteiger partial charge in [0.05, 0.1) is 6.07 Å². The molecule has 0 unspecified atom stereocenters. The normalized spacial score (nSPS) is 10.1. The predicted octanol–water partition coefficient (Wildman–Crippen LogP) is 3.64. The summed E-state index contributed by atoms with van der Waals surface area (Å²) in [6, 6.07) is 7.40. The Bertz CT molecular complexity index is 352. The molecule has 12 heavy (non-hydrogen) atoms. The van der Waals surface area contributed by atoms with Crippen molar-refractivity contribution in [2.24, 2.45) is 0 Å². The molecule has 0 bridgehead atoms. The van der Waals surface area contributed by atoms with E-state index in [9.17, 15) is 0 Å². The summed E-state index contributed by atoms with van der Waals surface area (Å²) < 4.78 is 0.949. The van der Waals surface area contributed by atoms with Gasteiger partial charge in [0.15, 0.2) is 0 Å². The summed E-state index contributed by atoms with van der Waals surface area (Å²) in [7, 11) is 0. The lowest BCUT2D eigenvalue weighted by Gasteiger charge is -1.97. The molecule has 0 saturated carbocycles. The molecule has 0 heterocycles. The minimum atomic E-state index is 0.643. The number of hydrogen-bond donors (Lipinski definition) is 0. The maximum atomic E-state index is 8.30. The topological polar surface area (TPSA) is 23.8 Å². The second kappa shape index (κ2) is 4.30. The van der Waals surface area contributed by atoms with E-state index in [1.165, 1.54) is 6.08 Å².